The van der Waals surface area contributed by atoms with Gasteiger partial charge in [-0.2, -0.15) is 5.10 Å². The minimum absolute atomic E-state index is 0.0654. The summed E-state index contributed by atoms with van der Waals surface area (Å²) in [6.07, 6.45) is 9.61. The van der Waals surface area contributed by atoms with E-state index in [0.717, 1.165) is 30.5 Å². The van der Waals surface area contributed by atoms with Gasteiger partial charge in [0.15, 0.2) is 11.6 Å². The predicted octanol–water partition coefficient (Wildman–Crippen LogP) is 5.57. The van der Waals surface area contributed by atoms with Crippen LogP contribution >= 0.6 is 23.2 Å². The highest BCUT2D eigenvalue weighted by molar-refractivity contribution is 6.36. The normalized spacial score (nSPS) is 20.3. The first kappa shape index (κ1) is 21.5. The fraction of sp³-hybridized carbons (Fsp3) is 0.391. The summed E-state index contributed by atoms with van der Waals surface area (Å²) < 4.78 is 22.0. The molecule has 2 aliphatic rings. The maximum atomic E-state index is 13.9. The molecular formula is C23H24Cl2FN5O. The van der Waals surface area contributed by atoms with Crippen molar-refractivity contribution in [1.82, 2.24) is 20.1 Å². The Morgan fingerprint density at radius 3 is 2.88 bits per heavy atom. The van der Waals surface area contributed by atoms with E-state index in [-0.39, 0.29) is 10.8 Å². The molecule has 0 radical (unpaired) electrons. The standard InChI is InChI=1S/C23H24Cl2FN5O/c1-13(20-17(24)2-3-18(26)21(20)25)32-19-8-14(10-28-22(19)27)15-11-30-31(12-15)16-4-7-29-23(9-16)5-6-23/h2-3,8,10-13,16,29H,4-7,9H2,1H3,(H2,27,28)/t13-,16?/m1/s1. The number of rotatable bonds is 5. The number of hydrogen-bond acceptors (Lipinski definition) is 5. The zero-order valence-corrected chi connectivity index (χ0v) is 19.1. The predicted molar refractivity (Wildman–Crippen MR) is 124 cm³/mol. The summed E-state index contributed by atoms with van der Waals surface area (Å²) in [6.45, 7) is 2.76. The highest BCUT2D eigenvalue weighted by Gasteiger charge is 2.46. The van der Waals surface area contributed by atoms with E-state index in [1.807, 2.05) is 18.5 Å². The van der Waals surface area contributed by atoms with Crippen LogP contribution in [0.3, 0.4) is 0 Å². The van der Waals surface area contributed by atoms with Gasteiger partial charge in [0.1, 0.15) is 11.9 Å². The van der Waals surface area contributed by atoms with Crippen LogP contribution in [-0.2, 0) is 0 Å². The van der Waals surface area contributed by atoms with E-state index in [4.69, 9.17) is 33.7 Å². The molecule has 2 fully saturated rings. The Morgan fingerprint density at radius 1 is 1.28 bits per heavy atom. The van der Waals surface area contributed by atoms with Crippen molar-refractivity contribution in [3.8, 4) is 16.9 Å². The molecule has 1 saturated heterocycles. The molecule has 1 aliphatic carbocycles. The lowest BCUT2D eigenvalue weighted by molar-refractivity contribution is 0.227. The molecule has 1 aromatic carbocycles. The molecule has 3 aromatic rings. The van der Waals surface area contributed by atoms with Gasteiger partial charge in [0.2, 0.25) is 0 Å². The molecule has 32 heavy (non-hydrogen) atoms. The minimum atomic E-state index is -0.628. The molecule has 9 heteroatoms. The molecule has 6 nitrogen and oxygen atoms in total. The van der Waals surface area contributed by atoms with E-state index in [9.17, 15) is 4.39 Å². The Balaban J connectivity index is 1.38. The number of aromatic nitrogens is 3. The van der Waals surface area contributed by atoms with Crippen LogP contribution in [0.25, 0.3) is 11.1 Å². The summed E-state index contributed by atoms with van der Waals surface area (Å²) in [4.78, 5) is 4.29. The molecule has 1 saturated carbocycles. The largest absolute Gasteiger partial charge is 0.482 e. The third kappa shape index (κ3) is 4.05. The second-order valence-corrected chi connectivity index (χ2v) is 9.47. The van der Waals surface area contributed by atoms with Gasteiger partial charge in [0, 0.05) is 39.6 Å². The summed E-state index contributed by atoms with van der Waals surface area (Å²) >= 11 is 12.4. The van der Waals surface area contributed by atoms with E-state index < -0.39 is 11.9 Å². The van der Waals surface area contributed by atoms with Gasteiger partial charge in [-0.05, 0) is 57.4 Å². The van der Waals surface area contributed by atoms with Crippen molar-refractivity contribution in [3.05, 3.63) is 58.2 Å². The van der Waals surface area contributed by atoms with Gasteiger partial charge in [0.05, 0.1) is 17.3 Å². The molecule has 1 unspecified atom stereocenters. The minimum Gasteiger partial charge on any atom is -0.482 e. The third-order valence-electron chi connectivity index (χ3n) is 6.44. The van der Waals surface area contributed by atoms with Gasteiger partial charge < -0.3 is 15.8 Å². The SMILES string of the molecule is C[C@@H](Oc1cc(-c2cnn(C3CCNC4(CC4)C3)c2)cnc1N)c1c(Cl)ccc(F)c1Cl. The first-order valence-electron chi connectivity index (χ1n) is 10.7. The summed E-state index contributed by atoms with van der Waals surface area (Å²) in [7, 11) is 0. The van der Waals surface area contributed by atoms with Gasteiger partial charge in [-0.3, -0.25) is 4.68 Å². The summed E-state index contributed by atoms with van der Waals surface area (Å²) in [5.74, 6) is 0.0447. The van der Waals surface area contributed by atoms with Crippen molar-refractivity contribution < 1.29 is 9.13 Å². The first-order chi connectivity index (χ1) is 15.3. The Hall–Kier alpha value is -2.35. The Kier molecular flexibility index (Phi) is 5.51. The molecule has 5 rings (SSSR count). The highest BCUT2D eigenvalue weighted by Crippen LogP contribution is 2.45. The van der Waals surface area contributed by atoms with Crippen molar-refractivity contribution >= 4 is 29.0 Å². The van der Waals surface area contributed by atoms with Crippen LogP contribution in [0.15, 0.2) is 36.8 Å². The molecule has 0 bridgehead atoms. The van der Waals surface area contributed by atoms with Gasteiger partial charge in [-0.25, -0.2) is 9.37 Å². The van der Waals surface area contributed by atoms with Gasteiger partial charge in [-0.1, -0.05) is 23.2 Å². The van der Waals surface area contributed by atoms with Crippen LogP contribution < -0.4 is 15.8 Å². The number of piperidine rings is 1. The molecule has 3 heterocycles. The summed E-state index contributed by atoms with van der Waals surface area (Å²) in [5.41, 5.74) is 8.51. The fourth-order valence-corrected chi connectivity index (χ4v) is 5.12. The van der Waals surface area contributed by atoms with Crippen molar-refractivity contribution in [2.75, 3.05) is 12.3 Å². The van der Waals surface area contributed by atoms with Gasteiger partial charge in [-0.15, -0.1) is 0 Å². The van der Waals surface area contributed by atoms with Crippen molar-refractivity contribution in [1.29, 1.82) is 0 Å². The van der Waals surface area contributed by atoms with Crippen LogP contribution in [0, 0.1) is 5.82 Å². The molecule has 1 aliphatic heterocycles. The lowest BCUT2D eigenvalue weighted by Gasteiger charge is -2.30. The average molecular weight is 476 g/mol. The number of ether oxygens (including phenoxy) is 1. The zero-order valence-electron chi connectivity index (χ0n) is 17.6. The topological polar surface area (TPSA) is 78.0 Å². The number of anilines is 1. The molecule has 0 amide bonds. The number of hydrogen-bond donors (Lipinski definition) is 2. The second kappa shape index (κ2) is 8.21. The van der Waals surface area contributed by atoms with Crippen molar-refractivity contribution in [3.63, 3.8) is 0 Å². The molecule has 3 N–H and O–H groups in total. The number of benzene rings is 1. The fourth-order valence-electron chi connectivity index (χ4n) is 4.45. The number of nitrogens with one attached hydrogen (secondary N) is 1. The molecule has 2 atom stereocenters. The maximum Gasteiger partial charge on any atom is 0.166 e. The first-order valence-corrected chi connectivity index (χ1v) is 11.5. The van der Waals surface area contributed by atoms with Gasteiger partial charge >= 0.3 is 0 Å². The number of pyridine rings is 1. The van der Waals surface area contributed by atoms with E-state index in [1.165, 1.54) is 25.0 Å². The highest BCUT2D eigenvalue weighted by atomic mass is 35.5. The van der Waals surface area contributed by atoms with E-state index in [0.29, 0.717) is 27.9 Å². The van der Waals surface area contributed by atoms with Gasteiger partial charge in [0.25, 0.3) is 0 Å². The third-order valence-corrected chi connectivity index (χ3v) is 7.15. The quantitative estimate of drug-likeness (QED) is 0.471. The Bertz CT molecular complexity index is 1160. The molecule has 1 spiro atoms. The average Bonchev–Trinajstić information content (AvgIpc) is 3.32. The smallest absolute Gasteiger partial charge is 0.166 e. The number of nitrogen functional groups attached to an aromatic ring is 1. The number of nitrogens with two attached hydrogens (primary N) is 1. The zero-order chi connectivity index (χ0) is 22.5. The van der Waals surface area contributed by atoms with E-state index in [1.54, 1.807) is 13.1 Å². The second-order valence-electron chi connectivity index (χ2n) is 8.69. The molecular weight excluding hydrogens is 452 g/mol. The van der Waals surface area contributed by atoms with Crippen LogP contribution in [-0.4, -0.2) is 26.8 Å². The lowest BCUT2D eigenvalue weighted by Crippen LogP contribution is -2.40. The van der Waals surface area contributed by atoms with Crippen LogP contribution in [0.5, 0.6) is 5.75 Å². The van der Waals surface area contributed by atoms with E-state index >= 15 is 0 Å². The maximum absolute atomic E-state index is 13.9. The summed E-state index contributed by atoms with van der Waals surface area (Å²) in [5, 5.41) is 8.51. The lowest BCUT2D eigenvalue weighted by atomic mass is 9.97. The Morgan fingerprint density at radius 2 is 2.09 bits per heavy atom. The van der Waals surface area contributed by atoms with Crippen LogP contribution in [0.4, 0.5) is 10.2 Å². The summed E-state index contributed by atoms with van der Waals surface area (Å²) in [6, 6.07) is 4.88. The van der Waals surface area contributed by atoms with Crippen molar-refractivity contribution in [2.45, 2.75) is 50.3 Å². The monoisotopic (exact) mass is 475 g/mol. The van der Waals surface area contributed by atoms with Crippen LogP contribution in [0.2, 0.25) is 10.0 Å². The van der Waals surface area contributed by atoms with E-state index in [2.05, 4.69) is 20.1 Å². The molecule has 2 aromatic heterocycles. The Labute approximate surface area is 195 Å². The number of nitrogens with zero attached hydrogens (tertiary/aromatic N) is 3. The number of halogens is 3. The van der Waals surface area contributed by atoms with Crippen molar-refractivity contribution in [2.24, 2.45) is 0 Å². The van der Waals surface area contributed by atoms with Crippen LogP contribution in [0.1, 0.15) is 50.3 Å². The molecule has 168 valence electrons.